The highest BCUT2D eigenvalue weighted by atomic mass is 16.2. The van der Waals surface area contributed by atoms with E-state index in [0.29, 0.717) is 19.6 Å². The van der Waals surface area contributed by atoms with Gasteiger partial charge in [0.15, 0.2) is 0 Å². The summed E-state index contributed by atoms with van der Waals surface area (Å²) in [5, 5.41) is 0. The Morgan fingerprint density at radius 3 is 2.67 bits per heavy atom. The number of benzene rings is 1. The van der Waals surface area contributed by atoms with Crippen molar-refractivity contribution in [3.05, 3.63) is 68.0 Å². The monoisotopic (exact) mass is 370 g/mol. The van der Waals surface area contributed by atoms with Crippen LogP contribution in [0.2, 0.25) is 0 Å². The Hall–Kier alpha value is -3.16. The topological polar surface area (TPSA) is 95.5 Å². The van der Waals surface area contributed by atoms with Crippen molar-refractivity contribution in [2.75, 3.05) is 13.1 Å². The molecule has 1 aliphatic heterocycles. The van der Waals surface area contributed by atoms with Crippen LogP contribution >= 0.6 is 0 Å². The summed E-state index contributed by atoms with van der Waals surface area (Å²) < 4.78 is 1.13. The van der Waals surface area contributed by atoms with E-state index in [9.17, 15) is 19.2 Å². The van der Waals surface area contributed by atoms with Crippen molar-refractivity contribution in [1.29, 1.82) is 0 Å². The number of aryl methyl sites for hydroxylation is 2. The summed E-state index contributed by atoms with van der Waals surface area (Å²) in [5.74, 6) is -0.722. The molecule has 0 unspecified atom stereocenters. The van der Waals surface area contributed by atoms with E-state index in [1.54, 1.807) is 11.8 Å². The molecule has 8 nitrogen and oxygen atoms in total. The van der Waals surface area contributed by atoms with Gasteiger partial charge in [-0.3, -0.25) is 19.4 Å². The minimum atomic E-state index is -0.745. The van der Waals surface area contributed by atoms with Gasteiger partial charge in [-0.2, -0.15) is 0 Å². The number of piperazine rings is 1. The van der Waals surface area contributed by atoms with Gasteiger partial charge in [0.25, 0.3) is 11.5 Å². The number of nitrogens with one attached hydrogen (secondary N) is 1. The van der Waals surface area contributed by atoms with E-state index in [1.165, 1.54) is 18.1 Å². The second kappa shape index (κ2) is 7.22. The molecule has 1 saturated heterocycles. The molecule has 1 aliphatic rings. The SMILES string of the molecule is Cc1cccc(CN2CCN(C(=O)c3cn(C)c(=O)[nH]c3=O)[C@@H](C)C2=O)c1. The van der Waals surface area contributed by atoms with Crippen molar-refractivity contribution >= 4 is 11.8 Å². The summed E-state index contributed by atoms with van der Waals surface area (Å²) in [7, 11) is 1.45. The molecule has 142 valence electrons. The lowest BCUT2D eigenvalue weighted by Gasteiger charge is -2.39. The quantitative estimate of drug-likeness (QED) is 0.838. The number of amides is 2. The molecule has 2 aromatic rings. The van der Waals surface area contributed by atoms with Gasteiger partial charge < -0.3 is 14.4 Å². The highest BCUT2D eigenvalue weighted by Crippen LogP contribution is 2.17. The Balaban J connectivity index is 1.78. The fourth-order valence-corrected chi connectivity index (χ4v) is 3.27. The third-order valence-electron chi connectivity index (χ3n) is 4.80. The van der Waals surface area contributed by atoms with E-state index in [2.05, 4.69) is 4.98 Å². The number of aromatic nitrogens is 2. The van der Waals surface area contributed by atoms with Crippen LogP contribution < -0.4 is 11.2 Å². The first-order valence-electron chi connectivity index (χ1n) is 8.73. The number of hydrogen-bond acceptors (Lipinski definition) is 4. The lowest BCUT2D eigenvalue weighted by molar-refractivity contribution is -0.140. The Morgan fingerprint density at radius 2 is 1.96 bits per heavy atom. The number of aromatic amines is 1. The predicted octanol–water partition coefficient (Wildman–Crippen LogP) is 0.255. The Labute approximate surface area is 156 Å². The number of hydrogen-bond donors (Lipinski definition) is 1. The van der Waals surface area contributed by atoms with Crippen LogP contribution in [0.1, 0.15) is 28.4 Å². The van der Waals surface area contributed by atoms with Crippen LogP contribution in [0.15, 0.2) is 40.1 Å². The first-order valence-corrected chi connectivity index (χ1v) is 8.73. The molecule has 1 atom stereocenters. The Bertz CT molecular complexity index is 1010. The third kappa shape index (κ3) is 3.69. The van der Waals surface area contributed by atoms with Gasteiger partial charge in [0.05, 0.1) is 0 Å². The first kappa shape index (κ1) is 18.6. The van der Waals surface area contributed by atoms with Crippen LogP contribution in [0.3, 0.4) is 0 Å². The molecule has 0 radical (unpaired) electrons. The minimum Gasteiger partial charge on any atom is -0.335 e. The van der Waals surface area contributed by atoms with E-state index >= 15 is 0 Å². The molecule has 0 saturated carbocycles. The van der Waals surface area contributed by atoms with E-state index in [-0.39, 0.29) is 11.5 Å². The van der Waals surface area contributed by atoms with Crippen LogP contribution in [0.4, 0.5) is 0 Å². The smallest absolute Gasteiger partial charge is 0.328 e. The van der Waals surface area contributed by atoms with Gasteiger partial charge in [0, 0.05) is 32.9 Å². The van der Waals surface area contributed by atoms with Gasteiger partial charge >= 0.3 is 5.69 Å². The van der Waals surface area contributed by atoms with Crippen molar-refractivity contribution in [3.63, 3.8) is 0 Å². The molecule has 0 spiro atoms. The summed E-state index contributed by atoms with van der Waals surface area (Å²) in [6, 6.07) is 7.25. The van der Waals surface area contributed by atoms with Crippen molar-refractivity contribution in [2.24, 2.45) is 7.05 Å². The Morgan fingerprint density at radius 1 is 1.22 bits per heavy atom. The average Bonchev–Trinajstić information content (AvgIpc) is 2.62. The summed E-state index contributed by atoms with van der Waals surface area (Å²) in [6.07, 6.45) is 1.21. The lowest BCUT2D eigenvalue weighted by atomic mass is 10.1. The van der Waals surface area contributed by atoms with Crippen molar-refractivity contribution in [1.82, 2.24) is 19.4 Å². The number of rotatable bonds is 3. The highest BCUT2D eigenvalue weighted by molar-refractivity contribution is 5.97. The zero-order valence-corrected chi connectivity index (χ0v) is 15.6. The molecule has 0 aliphatic carbocycles. The summed E-state index contributed by atoms with van der Waals surface area (Å²) in [4.78, 5) is 54.2. The van der Waals surface area contributed by atoms with Crippen LogP contribution in [0, 0.1) is 6.92 Å². The second-order valence-corrected chi connectivity index (χ2v) is 6.84. The molecule has 2 amide bonds. The van der Waals surface area contributed by atoms with Crippen molar-refractivity contribution in [2.45, 2.75) is 26.4 Å². The summed E-state index contributed by atoms with van der Waals surface area (Å²) in [5.41, 5.74) is 0.665. The average molecular weight is 370 g/mol. The molecule has 3 rings (SSSR count). The molecule has 27 heavy (non-hydrogen) atoms. The maximum Gasteiger partial charge on any atom is 0.328 e. The predicted molar refractivity (Wildman–Crippen MR) is 99.4 cm³/mol. The number of carbonyl (C=O) groups excluding carboxylic acids is 2. The molecule has 1 N–H and O–H groups in total. The van der Waals surface area contributed by atoms with E-state index < -0.39 is 23.2 Å². The largest absolute Gasteiger partial charge is 0.335 e. The summed E-state index contributed by atoms with van der Waals surface area (Å²) >= 11 is 0. The fraction of sp³-hybridized carbons (Fsp3) is 0.368. The van der Waals surface area contributed by atoms with E-state index in [4.69, 9.17) is 0 Å². The molecule has 1 aromatic heterocycles. The van der Waals surface area contributed by atoms with Crippen LogP contribution in [-0.4, -0.2) is 50.3 Å². The standard InChI is InChI=1S/C19H22N4O4/c1-12-5-4-6-14(9-12)10-22-7-8-23(13(2)17(22)25)18(26)15-11-21(3)19(27)20-16(15)24/h4-6,9,11,13H,7-8,10H2,1-3H3,(H,20,24,27)/t13-/m0/s1. The maximum atomic E-state index is 12.8. The molecular weight excluding hydrogens is 348 g/mol. The van der Waals surface area contributed by atoms with Crippen LogP contribution in [-0.2, 0) is 18.4 Å². The Kier molecular flexibility index (Phi) is 4.98. The first-order chi connectivity index (χ1) is 12.8. The molecule has 1 fully saturated rings. The van der Waals surface area contributed by atoms with Gasteiger partial charge in [0.2, 0.25) is 5.91 Å². The van der Waals surface area contributed by atoms with Gasteiger partial charge in [-0.25, -0.2) is 4.79 Å². The van der Waals surface area contributed by atoms with Crippen molar-refractivity contribution in [3.8, 4) is 0 Å². The fourth-order valence-electron chi connectivity index (χ4n) is 3.27. The minimum absolute atomic E-state index is 0.149. The molecule has 8 heteroatoms. The molecular formula is C19H22N4O4. The second-order valence-electron chi connectivity index (χ2n) is 6.84. The van der Waals surface area contributed by atoms with Gasteiger partial charge in [-0.05, 0) is 19.4 Å². The third-order valence-corrected chi connectivity index (χ3v) is 4.80. The zero-order chi connectivity index (χ0) is 19.7. The van der Waals surface area contributed by atoms with Gasteiger partial charge in [-0.15, -0.1) is 0 Å². The molecule has 2 heterocycles. The van der Waals surface area contributed by atoms with Gasteiger partial charge in [0.1, 0.15) is 11.6 Å². The van der Waals surface area contributed by atoms with E-state index in [0.717, 1.165) is 15.7 Å². The molecule has 1 aromatic carbocycles. The lowest BCUT2D eigenvalue weighted by Crippen LogP contribution is -2.57. The van der Waals surface area contributed by atoms with Crippen LogP contribution in [0.5, 0.6) is 0 Å². The normalized spacial score (nSPS) is 17.3. The number of nitrogens with zero attached hydrogens (tertiary/aromatic N) is 3. The number of H-pyrrole nitrogens is 1. The van der Waals surface area contributed by atoms with E-state index in [1.807, 2.05) is 31.2 Å². The highest BCUT2D eigenvalue weighted by Gasteiger charge is 2.35. The molecule has 0 bridgehead atoms. The number of carbonyl (C=O) groups is 2. The summed E-state index contributed by atoms with van der Waals surface area (Å²) in [6.45, 7) is 4.83. The van der Waals surface area contributed by atoms with Crippen molar-refractivity contribution < 1.29 is 9.59 Å². The maximum absolute atomic E-state index is 12.8. The van der Waals surface area contributed by atoms with Crippen LogP contribution in [0.25, 0.3) is 0 Å². The zero-order valence-electron chi connectivity index (χ0n) is 15.6. The van der Waals surface area contributed by atoms with Gasteiger partial charge in [-0.1, -0.05) is 29.8 Å².